The highest BCUT2D eigenvalue weighted by Gasteiger charge is 2.17. The van der Waals surface area contributed by atoms with Gasteiger partial charge in [0.05, 0.1) is 11.4 Å². The topological polar surface area (TPSA) is 63.6 Å². The molecule has 108 valence electrons. The Hall–Kier alpha value is -2.43. The minimum absolute atomic E-state index is 0.135. The van der Waals surface area contributed by atoms with Gasteiger partial charge < -0.3 is 4.98 Å². The zero-order chi connectivity index (χ0) is 15.3. The third kappa shape index (κ3) is 2.05. The van der Waals surface area contributed by atoms with E-state index >= 15 is 0 Å². The first-order valence-electron chi connectivity index (χ1n) is 6.93. The summed E-state index contributed by atoms with van der Waals surface area (Å²) in [6.07, 6.45) is 0. The molecule has 0 saturated heterocycles. The molecular formula is C16H18N4O. The van der Waals surface area contributed by atoms with Crippen LogP contribution >= 0.6 is 0 Å². The Morgan fingerprint density at radius 2 is 1.67 bits per heavy atom. The number of aryl methyl sites for hydroxylation is 5. The van der Waals surface area contributed by atoms with Gasteiger partial charge in [-0.05, 0) is 45.7 Å². The third-order valence-corrected chi connectivity index (χ3v) is 3.68. The first-order chi connectivity index (χ1) is 9.88. The van der Waals surface area contributed by atoms with Crippen LogP contribution in [0.4, 0.5) is 0 Å². The van der Waals surface area contributed by atoms with Crippen molar-refractivity contribution < 1.29 is 0 Å². The predicted molar refractivity (Wildman–Crippen MR) is 83.2 cm³/mol. The van der Waals surface area contributed by atoms with Crippen molar-refractivity contribution in [3.05, 3.63) is 50.7 Å². The summed E-state index contributed by atoms with van der Waals surface area (Å²) in [4.78, 5) is 19.4. The number of fused-ring (bicyclic) bond motifs is 1. The molecule has 3 aromatic rings. The molecule has 5 nitrogen and oxygen atoms in total. The van der Waals surface area contributed by atoms with Crippen LogP contribution in [0.1, 0.15) is 28.2 Å². The molecule has 0 spiro atoms. The van der Waals surface area contributed by atoms with Gasteiger partial charge in [-0.1, -0.05) is 17.7 Å². The first kappa shape index (κ1) is 13.5. The molecule has 1 aromatic carbocycles. The highest BCUT2D eigenvalue weighted by atomic mass is 16.1. The number of nitrogens with one attached hydrogen (secondary N) is 1. The van der Waals surface area contributed by atoms with Gasteiger partial charge in [-0.15, -0.1) is 0 Å². The molecule has 0 aliphatic carbocycles. The van der Waals surface area contributed by atoms with E-state index in [4.69, 9.17) is 0 Å². The molecular weight excluding hydrogens is 264 g/mol. The monoisotopic (exact) mass is 282 g/mol. The molecule has 1 N–H and O–H groups in total. The number of benzene rings is 1. The molecule has 0 unspecified atom stereocenters. The Kier molecular flexibility index (Phi) is 2.93. The second kappa shape index (κ2) is 4.55. The Bertz CT molecular complexity index is 895. The van der Waals surface area contributed by atoms with Crippen LogP contribution in [0.2, 0.25) is 0 Å². The lowest BCUT2D eigenvalue weighted by molar-refractivity contribution is 0.857. The standard InChI is InChI=1S/C16H18N4O/c1-8-6-9(2)14(10(3)7-8)20-15-13(11(4)19-20)16(21)18-12(5)17-15/h6-7H,1-5H3,(H,17,18,21). The van der Waals surface area contributed by atoms with E-state index in [9.17, 15) is 4.79 Å². The maximum atomic E-state index is 12.1. The molecule has 21 heavy (non-hydrogen) atoms. The van der Waals surface area contributed by atoms with Crippen molar-refractivity contribution in [2.75, 3.05) is 0 Å². The van der Waals surface area contributed by atoms with Gasteiger partial charge in [-0.3, -0.25) is 4.79 Å². The van der Waals surface area contributed by atoms with Crippen LogP contribution in [0, 0.1) is 34.6 Å². The lowest BCUT2D eigenvalue weighted by Crippen LogP contribution is -2.11. The Balaban J connectivity index is 2.45. The van der Waals surface area contributed by atoms with Crippen molar-refractivity contribution in [3.63, 3.8) is 0 Å². The summed E-state index contributed by atoms with van der Waals surface area (Å²) in [5.74, 6) is 0.594. The van der Waals surface area contributed by atoms with Crippen molar-refractivity contribution in [3.8, 4) is 5.69 Å². The van der Waals surface area contributed by atoms with Gasteiger partial charge in [0.2, 0.25) is 0 Å². The van der Waals surface area contributed by atoms with Crippen LogP contribution in [-0.4, -0.2) is 19.7 Å². The van der Waals surface area contributed by atoms with Crippen LogP contribution < -0.4 is 5.56 Å². The molecule has 0 saturated carbocycles. The number of rotatable bonds is 1. The number of aromatic amines is 1. The summed E-state index contributed by atoms with van der Waals surface area (Å²) >= 11 is 0. The highest BCUT2D eigenvalue weighted by molar-refractivity contribution is 5.79. The van der Waals surface area contributed by atoms with Gasteiger partial charge in [-0.2, -0.15) is 5.10 Å². The van der Waals surface area contributed by atoms with E-state index in [-0.39, 0.29) is 5.56 Å². The Labute approximate surface area is 122 Å². The molecule has 0 aliphatic rings. The third-order valence-electron chi connectivity index (χ3n) is 3.68. The van der Waals surface area contributed by atoms with Crippen LogP contribution in [0.25, 0.3) is 16.7 Å². The summed E-state index contributed by atoms with van der Waals surface area (Å²) in [6, 6.07) is 4.23. The van der Waals surface area contributed by atoms with Crippen molar-refractivity contribution >= 4 is 11.0 Å². The van der Waals surface area contributed by atoms with Gasteiger partial charge in [0.1, 0.15) is 11.2 Å². The van der Waals surface area contributed by atoms with Crippen LogP contribution in [0.15, 0.2) is 16.9 Å². The average molecular weight is 282 g/mol. The van der Waals surface area contributed by atoms with Gasteiger partial charge in [0, 0.05) is 0 Å². The zero-order valence-corrected chi connectivity index (χ0v) is 12.9. The molecule has 2 heterocycles. The number of H-pyrrole nitrogens is 1. The Morgan fingerprint density at radius 1 is 1.05 bits per heavy atom. The molecule has 2 aromatic heterocycles. The van der Waals surface area contributed by atoms with Crippen molar-refractivity contribution in [1.29, 1.82) is 0 Å². The van der Waals surface area contributed by atoms with E-state index in [0.717, 1.165) is 16.8 Å². The van der Waals surface area contributed by atoms with Crippen molar-refractivity contribution in [1.82, 2.24) is 19.7 Å². The number of hydrogen-bond acceptors (Lipinski definition) is 3. The lowest BCUT2D eigenvalue weighted by atomic mass is 10.1. The minimum atomic E-state index is -0.135. The lowest BCUT2D eigenvalue weighted by Gasteiger charge is -2.12. The smallest absolute Gasteiger partial charge is 0.262 e. The molecule has 5 heteroatoms. The second-order valence-corrected chi connectivity index (χ2v) is 5.59. The van der Waals surface area contributed by atoms with E-state index < -0.39 is 0 Å². The van der Waals surface area contributed by atoms with Crippen molar-refractivity contribution in [2.24, 2.45) is 0 Å². The van der Waals surface area contributed by atoms with Crippen molar-refractivity contribution in [2.45, 2.75) is 34.6 Å². The van der Waals surface area contributed by atoms with Crippen LogP contribution in [0.5, 0.6) is 0 Å². The first-order valence-corrected chi connectivity index (χ1v) is 6.93. The van der Waals surface area contributed by atoms with E-state index in [1.54, 1.807) is 11.6 Å². The van der Waals surface area contributed by atoms with Crippen LogP contribution in [0.3, 0.4) is 0 Å². The fraction of sp³-hybridized carbons (Fsp3) is 0.312. The number of hydrogen-bond donors (Lipinski definition) is 1. The highest BCUT2D eigenvalue weighted by Crippen LogP contribution is 2.24. The summed E-state index contributed by atoms with van der Waals surface area (Å²) in [5.41, 5.74) is 5.62. The SMILES string of the molecule is Cc1cc(C)c(-n2nc(C)c3c(=O)[nH]c(C)nc32)c(C)c1. The van der Waals surface area contributed by atoms with E-state index in [1.165, 1.54) is 5.56 Å². The maximum absolute atomic E-state index is 12.1. The van der Waals surface area contributed by atoms with Crippen LogP contribution in [-0.2, 0) is 0 Å². The molecule has 0 radical (unpaired) electrons. The summed E-state index contributed by atoms with van der Waals surface area (Å²) in [6.45, 7) is 9.80. The predicted octanol–water partition coefficient (Wildman–Crippen LogP) is 2.65. The van der Waals surface area contributed by atoms with E-state index in [0.29, 0.717) is 22.6 Å². The molecule has 0 amide bonds. The minimum Gasteiger partial charge on any atom is -0.310 e. The summed E-state index contributed by atoms with van der Waals surface area (Å²) < 4.78 is 1.79. The van der Waals surface area contributed by atoms with Gasteiger partial charge >= 0.3 is 0 Å². The van der Waals surface area contributed by atoms with Gasteiger partial charge in [0.15, 0.2) is 5.65 Å². The van der Waals surface area contributed by atoms with Gasteiger partial charge in [0.25, 0.3) is 5.56 Å². The maximum Gasteiger partial charge on any atom is 0.262 e. The quantitative estimate of drug-likeness (QED) is 0.746. The molecule has 3 rings (SSSR count). The average Bonchev–Trinajstić information content (AvgIpc) is 2.65. The molecule has 0 fully saturated rings. The normalized spacial score (nSPS) is 11.3. The fourth-order valence-electron chi connectivity index (χ4n) is 2.96. The summed E-state index contributed by atoms with van der Waals surface area (Å²) in [5, 5.41) is 5.10. The molecule has 0 bridgehead atoms. The zero-order valence-electron chi connectivity index (χ0n) is 12.9. The second-order valence-electron chi connectivity index (χ2n) is 5.59. The number of nitrogens with zero attached hydrogens (tertiary/aromatic N) is 3. The van der Waals surface area contributed by atoms with E-state index in [2.05, 4.69) is 48.0 Å². The molecule has 0 atom stereocenters. The Morgan fingerprint density at radius 3 is 2.29 bits per heavy atom. The van der Waals surface area contributed by atoms with Gasteiger partial charge in [-0.25, -0.2) is 9.67 Å². The largest absolute Gasteiger partial charge is 0.310 e. The fourth-order valence-corrected chi connectivity index (χ4v) is 2.96. The van der Waals surface area contributed by atoms with E-state index in [1.807, 2.05) is 6.92 Å². The number of aromatic nitrogens is 4. The summed E-state index contributed by atoms with van der Waals surface area (Å²) in [7, 11) is 0. The molecule has 0 aliphatic heterocycles.